The summed E-state index contributed by atoms with van der Waals surface area (Å²) in [6.45, 7) is 4.58. The fourth-order valence-electron chi connectivity index (χ4n) is 5.52. The highest BCUT2D eigenvalue weighted by molar-refractivity contribution is 9.10. The maximum atomic E-state index is 4.78. The van der Waals surface area contributed by atoms with Gasteiger partial charge in [0.1, 0.15) is 4.60 Å². The van der Waals surface area contributed by atoms with Crippen LogP contribution in [0.25, 0.3) is 17.2 Å². The Kier molecular flexibility index (Phi) is 4.01. The molecule has 3 aromatic rings. The molecule has 146 valence electrons. The summed E-state index contributed by atoms with van der Waals surface area (Å²) in [4.78, 5) is 4.78. The maximum absolute atomic E-state index is 4.78. The lowest BCUT2D eigenvalue weighted by atomic mass is 9.79. The molecular weight excluding hydrogens is 430 g/mol. The molecule has 6 rings (SSSR count). The Bertz CT molecular complexity index is 1260. The van der Waals surface area contributed by atoms with Crippen molar-refractivity contribution in [3.05, 3.63) is 116 Å². The summed E-state index contributed by atoms with van der Waals surface area (Å²) in [6, 6.07) is 22.1. The molecule has 0 amide bonds. The van der Waals surface area contributed by atoms with Crippen LogP contribution in [0, 0.1) is 0 Å². The standard InChI is InChI=1S/C28H22BrN/c1-16-13-24-17(2)18-11-12-28(29)30-27(18)15-26(24)23(16)14-25-21-9-5-3-7-19(21)20-8-4-6-10-22(20)25/h3-13,15,17,25H,14H2,1-2H3. The second-order valence-electron chi connectivity index (χ2n) is 8.58. The van der Waals surface area contributed by atoms with E-state index in [9.17, 15) is 0 Å². The van der Waals surface area contributed by atoms with Crippen molar-refractivity contribution in [3.63, 3.8) is 0 Å². The predicted octanol–water partition coefficient (Wildman–Crippen LogP) is 7.80. The summed E-state index contributed by atoms with van der Waals surface area (Å²) < 4.78 is 0.900. The van der Waals surface area contributed by atoms with Gasteiger partial charge < -0.3 is 0 Å². The SMILES string of the molecule is CC1=C(CC2c3ccccc3-c3ccccc32)C2=Cc3nc(Br)ccc3C(C)C2=C1. The molecule has 1 atom stereocenters. The third-order valence-corrected chi connectivity index (χ3v) is 7.43. The fourth-order valence-corrected chi connectivity index (χ4v) is 5.84. The molecule has 1 heterocycles. The van der Waals surface area contributed by atoms with E-state index >= 15 is 0 Å². The fraction of sp³-hybridized carbons (Fsp3) is 0.179. The van der Waals surface area contributed by atoms with Crippen molar-refractivity contribution in [2.45, 2.75) is 32.1 Å². The van der Waals surface area contributed by atoms with Crippen molar-refractivity contribution in [1.82, 2.24) is 4.98 Å². The van der Waals surface area contributed by atoms with Gasteiger partial charge in [0.15, 0.2) is 0 Å². The van der Waals surface area contributed by atoms with E-state index in [1.54, 1.807) is 0 Å². The first-order valence-electron chi connectivity index (χ1n) is 10.6. The van der Waals surface area contributed by atoms with Gasteiger partial charge in [0.05, 0.1) is 5.69 Å². The zero-order valence-electron chi connectivity index (χ0n) is 17.1. The minimum atomic E-state index is 0.371. The minimum absolute atomic E-state index is 0.371. The van der Waals surface area contributed by atoms with E-state index in [1.165, 1.54) is 50.1 Å². The van der Waals surface area contributed by atoms with Gasteiger partial charge in [0.2, 0.25) is 0 Å². The van der Waals surface area contributed by atoms with Gasteiger partial charge in [-0.2, -0.15) is 0 Å². The molecule has 0 aliphatic heterocycles. The van der Waals surface area contributed by atoms with Crippen LogP contribution in [0.3, 0.4) is 0 Å². The number of halogens is 1. The lowest BCUT2D eigenvalue weighted by Gasteiger charge is -2.25. The average molecular weight is 452 g/mol. The van der Waals surface area contributed by atoms with Crippen LogP contribution in [0.5, 0.6) is 0 Å². The minimum Gasteiger partial charge on any atom is -0.241 e. The van der Waals surface area contributed by atoms with E-state index in [0.717, 1.165) is 16.7 Å². The Labute approximate surface area is 186 Å². The summed E-state index contributed by atoms with van der Waals surface area (Å²) in [5, 5.41) is 0. The third-order valence-electron chi connectivity index (χ3n) is 6.99. The molecule has 0 saturated carbocycles. The Morgan fingerprint density at radius 3 is 2.20 bits per heavy atom. The van der Waals surface area contributed by atoms with Crippen molar-refractivity contribution < 1.29 is 0 Å². The molecule has 3 aliphatic rings. The van der Waals surface area contributed by atoms with Gasteiger partial charge in [-0.3, -0.25) is 0 Å². The first-order valence-corrected chi connectivity index (χ1v) is 11.4. The Balaban J connectivity index is 1.45. The first-order chi connectivity index (χ1) is 14.6. The molecule has 30 heavy (non-hydrogen) atoms. The molecule has 3 aliphatic carbocycles. The van der Waals surface area contributed by atoms with Crippen LogP contribution in [0.4, 0.5) is 0 Å². The van der Waals surface area contributed by atoms with Gasteiger partial charge in [-0.05, 0) is 91.5 Å². The average Bonchev–Trinajstić information content (AvgIpc) is 3.24. The monoisotopic (exact) mass is 451 g/mol. The molecule has 1 nitrogen and oxygen atoms in total. The lowest BCUT2D eigenvalue weighted by molar-refractivity contribution is 0.812. The van der Waals surface area contributed by atoms with Gasteiger partial charge in [0.25, 0.3) is 0 Å². The molecule has 0 radical (unpaired) electrons. The highest BCUT2D eigenvalue weighted by Crippen LogP contribution is 2.52. The van der Waals surface area contributed by atoms with E-state index in [4.69, 9.17) is 4.98 Å². The molecule has 0 fully saturated rings. The van der Waals surface area contributed by atoms with Gasteiger partial charge in [0, 0.05) is 11.8 Å². The summed E-state index contributed by atoms with van der Waals surface area (Å²) >= 11 is 3.55. The van der Waals surface area contributed by atoms with E-state index in [1.807, 2.05) is 0 Å². The van der Waals surface area contributed by atoms with Crippen molar-refractivity contribution in [2.75, 3.05) is 0 Å². The second kappa shape index (κ2) is 6.65. The molecular formula is C28H22BrN. The highest BCUT2D eigenvalue weighted by Gasteiger charge is 2.34. The molecule has 1 aromatic heterocycles. The smallest absolute Gasteiger partial charge is 0.106 e. The molecule has 0 N–H and O–H groups in total. The number of hydrogen-bond acceptors (Lipinski definition) is 1. The number of rotatable bonds is 2. The number of aromatic nitrogens is 1. The molecule has 2 heteroatoms. The lowest BCUT2D eigenvalue weighted by Crippen LogP contribution is -2.10. The predicted molar refractivity (Wildman–Crippen MR) is 127 cm³/mol. The Hall–Kier alpha value is -2.71. The number of pyridine rings is 1. The van der Waals surface area contributed by atoms with Gasteiger partial charge in [-0.15, -0.1) is 0 Å². The molecule has 0 spiro atoms. The van der Waals surface area contributed by atoms with E-state index in [0.29, 0.717) is 11.8 Å². The van der Waals surface area contributed by atoms with Crippen LogP contribution >= 0.6 is 15.9 Å². The number of hydrogen-bond donors (Lipinski definition) is 0. The summed E-state index contributed by atoms with van der Waals surface area (Å²) in [6.07, 6.45) is 5.75. The number of nitrogens with zero attached hydrogens (tertiary/aromatic N) is 1. The van der Waals surface area contributed by atoms with Crippen molar-refractivity contribution in [1.29, 1.82) is 0 Å². The summed E-state index contributed by atoms with van der Waals surface area (Å²) in [7, 11) is 0. The van der Waals surface area contributed by atoms with Crippen LogP contribution in [-0.4, -0.2) is 4.98 Å². The maximum Gasteiger partial charge on any atom is 0.106 e. The highest BCUT2D eigenvalue weighted by atomic mass is 79.9. The van der Waals surface area contributed by atoms with Crippen LogP contribution in [0.1, 0.15) is 54.5 Å². The van der Waals surface area contributed by atoms with Crippen LogP contribution in [-0.2, 0) is 0 Å². The van der Waals surface area contributed by atoms with Gasteiger partial charge in [-0.1, -0.05) is 67.6 Å². The van der Waals surface area contributed by atoms with Crippen molar-refractivity contribution in [2.24, 2.45) is 0 Å². The normalized spacial score (nSPS) is 19.1. The molecule has 1 unspecified atom stereocenters. The first kappa shape index (κ1) is 18.1. The molecule has 0 saturated heterocycles. The largest absolute Gasteiger partial charge is 0.241 e. The molecule has 2 aromatic carbocycles. The zero-order chi connectivity index (χ0) is 20.4. The van der Waals surface area contributed by atoms with Crippen LogP contribution in [0.15, 0.2) is 93.6 Å². The van der Waals surface area contributed by atoms with Crippen molar-refractivity contribution >= 4 is 22.0 Å². The van der Waals surface area contributed by atoms with Crippen LogP contribution < -0.4 is 0 Å². The number of allylic oxidation sites excluding steroid dienone is 5. The number of fused-ring (bicyclic) bond motifs is 5. The zero-order valence-corrected chi connectivity index (χ0v) is 18.7. The third kappa shape index (κ3) is 2.56. The number of benzene rings is 2. The topological polar surface area (TPSA) is 12.9 Å². The van der Waals surface area contributed by atoms with E-state index in [2.05, 4.69) is 103 Å². The van der Waals surface area contributed by atoms with Gasteiger partial charge >= 0.3 is 0 Å². The second-order valence-corrected chi connectivity index (χ2v) is 9.39. The summed E-state index contributed by atoms with van der Waals surface area (Å²) in [5.74, 6) is 0.777. The quantitative estimate of drug-likeness (QED) is 0.362. The van der Waals surface area contributed by atoms with E-state index in [-0.39, 0.29) is 0 Å². The van der Waals surface area contributed by atoms with Gasteiger partial charge in [-0.25, -0.2) is 4.98 Å². The summed E-state index contributed by atoms with van der Waals surface area (Å²) in [5.41, 5.74) is 13.8. The molecule has 0 bridgehead atoms. The Morgan fingerprint density at radius 1 is 0.833 bits per heavy atom. The van der Waals surface area contributed by atoms with Crippen molar-refractivity contribution in [3.8, 4) is 11.1 Å². The van der Waals surface area contributed by atoms with Crippen LogP contribution in [0.2, 0.25) is 0 Å². The van der Waals surface area contributed by atoms with E-state index < -0.39 is 0 Å². The Morgan fingerprint density at radius 2 is 1.50 bits per heavy atom.